The van der Waals surface area contributed by atoms with Crippen LogP contribution in [0.4, 0.5) is 0 Å². The zero-order chi connectivity index (χ0) is 16.4. The van der Waals surface area contributed by atoms with E-state index in [9.17, 15) is 4.79 Å². The van der Waals surface area contributed by atoms with Gasteiger partial charge in [-0.05, 0) is 28.5 Å². The number of nitrogens with one attached hydrogen (secondary N) is 1. The van der Waals surface area contributed by atoms with Crippen molar-refractivity contribution in [1.29, 1.82) is 0 Å². The molecule has 24 heavy (non-hydrogen) atoms. The average Bonchev–Trinajstić information content (AvgIpc) is 3.03. The minimum atomic E-state index is 0.00216. The van der Waals surface area contributed by atoms with E-state index in [0.717, 1.165) is 22.3 Å². The second-order valence-electron chi connectivity index (χ2n) is 5.83. The molecule has 2 heterocycles. The third-order valence-electron chi connectivity index (χ3n) is 4.06. The van der Waals surface area contributed by atoms with Crippen LogP contribution in [-0.4, -0.2) is 15.3 Å². The Kier molecular flexibility index (Phi) is 3.71. The molecule has 4 nitrogen and oxygen atoms in total. The molecule has 1 amide bonds. The summed E-state index contributed by atoms with van der Waals surface area (Å²) in [6.07, 6.45) is 4.26. The summed E-state index contributed by atoms with van der Waals surface area (Å²) in [6, 6.07) is 20.1. The maximum absolute atomic E-state index is 12.2. The summed E-state index contributed by atoms with van der Waals surface area (Å²) in [5.41, 5.74) is 2.76. The van der Waals surface area contributed by atoms with Gasteiger partial charge in [0.05, 0.1) is 18.7 Å². The first-order chi connectivity index (χ1) is 11.8. The molecule has 2 aromatic heterocycles. The Morgan fingerprint density at radius 3 is 2.71 bits per heavy atom. The Bertz CT molecular complexity index is 986. The molecular weight excluding hydrogens is 298 g/mol. The van der Waals surface area contributed by atoms with Gasteiger partial charge in [0.2, 0.25) is 5.91 Å². The Labute approximate surface area is 139 Å². The number of hydrogen-bond acceptors (Lipinski definition) is 2. The summed E-state index contributed by atoms with van der Waals surface area (Å²) in [6.45, 7) is 0.439. The molecule has 4 rings (SSSR count). The summed E-state index contributed by atoms with van der Waals surface area (Å²) in [5, 5.41) is 5.28. The van der Waals surface area contributed by atoms with E-state index in [2.05, 4.69) is 34.6 Å². The summed E-state index contributed by atoms with van der Waals surface area (Å²) >= 11 is 0. The summed E-state index contributed by atoms with van der Waals surface area (Å²) in [7, 11) is 0. The van der Waals surface area contributed by atoms with Gasteiger partial charge in [-0.1, -0.05) is 48.5 Å². The minimum absolute atomic E-state index is 0.00216. The maximum Gasteiger partial charge on any atom is 0.224 e. The van der Waals surface area contributed by atoms with Crippen molar-refractivity contribution >= 4 is 22.3 Å². The number of pyridine rings is 1. The number of nitrogens with zero attached hydrogens (tertiary/aromatic N) is 2. The summed E-state index contributed by atoms with van der Waals surface area (Å²) in [4.78, 5) is 16.7. The zero-order valence-corrected chi connectivity index (χ0v) is 13.1. The van der Waals surface area contributed by atoms with E-state index in [-0.39, 0.29) is 5.91 Å². The fourth-order valence-corrected chi connectivity index (χ4v) is 2.86. The highest BCUT2D eigenvalue weighted by Crippen LogP contribution is 2.16. The molecule has 0 spiro atoms. The lowest BCUT2D eigenvalue weighted by Gasteiger charge is -2.05. The van der Waals surface area contributed by atoms with Crippen molar-refractivity contribution < 1.29 is 4.79 Å². The van der Waals surface area contributed by atoms with Crippen molar-refractivity contribution in [2.75, 3.05) is 0 Å². The van der Waals surface area contributed by atoms with Crippen molar-refractivity contribution in [3.63, 3.8) is 0 Å². The van der Waals surface area contributed by atoms with E-state index in [1.807, 2.05) is 53.2 Å². The van der Waals surface area contributed by atoms with Crippen LogP contribution >= 0.6 is 0 Å². The van der Waals surface area contributed by atoms with Gasteiger partial charge in [-0.2, -0.15) is 0 Å². The predicted molar refractivity (Wildman–Crippen MR) is 94.7 cm³/mol. The van der Waals surface area contributed by atoms with Crippen LogP contribution in [0.2, 0.25) is 0 Å². The number of rotatable bonds is 4. The van der Waals surface area contributed by atoms with Crippen LogP contribution in [0.3, 0.4) is 0 Å². The number of aromatic nitrogens is 2. The van der Waals surface area contributed by atoms with Crippen LogP contribution in [-0.2, 0) is 17.8 Å². The van der Waals surface area contributed by atoms with Gasteiger partial charge < -0.3 is 9.72 Å². The second kappa shape index (κ2) is 6.16. The van der Waals surface area contributed by atoms with Gasteiger partial charge in [-0.25, -0.2) is 4.98 Å². The molecule has 2 aromatic carbocycles. The highest BCUT2D eigenvalue weighted by Gasteiger charge is 2.06. The molecule has 118 valence electrons. The third-order valence-corrected chi connectivity index (χ3v) is 4.06. The first-order valence-corrected chi connectivity index (χ1v) is 7.95. The predicted octanol–water partition coefficient (Wildman–Crippen LogP) is 3.35. The molecule has 0 fully saturated rings. The molecule has 0 saturated carbocycles. The smallest absolute Gasteiger partial charge is 0.224 e. The van der Waals surface area contributed by atoms with Gasteiger partial charge in [0.1, 0.15) is 5.65 Å². The molecule has 0 bridgehead atoms. The Balaban J connectivity index is 1.42. The number of carbonyl (C=O) groups is 1. The van der Waals surface area contributed by atoms with Crippen molar-refractivity contribution in [2.24, 2.45) is 0 Å². The molecule has 4 heteroatoms. The standard InChI is InChI=1S/C20H17N3O/c24-20(12-15-8-9-16-5-1-2-6-17(16)11-15)21-13-18-14-23-10-4-3-7-19(23)22-18/h1-11,14H,12-13H2,(H,21,24). The first-order valence-electron chi connectivity index (χ1n) is 7.95. The highest BCUT2D eigenvalue weighted by molar-refractivity contribution is 5.85. The topological polar surface area (TPSA) is 46.4 Å². The lowest BCUT2D eigenvalue weighted by Crippen LogP contribution is -2.24. The van der Waals surface area contributed by atoms with E-state index in [0.29, 0.717) is 13.0 Å². The Morgan fingerprint density at radius 2 is 1.83 bits per heavy atom. The van der Waals surface area contributed by atoms with E-state index in [4.69, 9.17) is 0 Å². The molecule has 0 atom stereocenters. The van der Waals surface area contributed by atoms with Crippen molar-refractivity contribution in [3.05, 3.63) is 84.3 Å². The van der Waals surface area contributed by atoms with Crippen LogP contribution in [0.15, 0.2) is 73.1 Å². The molecule has 0 aliphatic rings. The molecule has 0 radical (unpaired) electrons. The monoisotopic (exact) mass is 315 g/mol. The van der Waals surface area contributed by atoms with Crippen LogP contribution in [0.5, 0.6) is 0 Å². The average molecular weight is 315 g/mol. The number of hydrogen-bond donors (Lipinski definition) is 1. The van der Waals surface area contributed by atoms with Crippen molar-refractivity contribution in [3.8, 4) is 0 Å². The number of imidazole rings is 1. The van der Waals surface area contributed by atoms with Gasteiger partial charge in [0.15, 0.2) is 0 Å². The number of fused-ring (bicyclic) bond motifs is 2. The molecule has 0 aliphatic heterocycles. The van der Waals surface area contributed by atoms with Crippen molar-refractivity contribution in [2.45, 2.75) is 13.0 Å². The highest BCUT2D eigenvalue weighted by atomic mass is 16.1. The second-order valence-corrected chi connectivity index (χ2v) is 5.83. The van der Waals surface area contributed by atoms with E-state index >= 15 is 0 Å². The fraction of sp³-hybridized carbons (Fsp3) is 0.100. The summed E-state index contributed by atoms with van der Waals surface area (Å²) < 4.78 is 1.95. The molecule has 0 aliphatic carbocycles. The van der Waals surface area contributed by atoms with Gasteiger partial charge in [0.25, 0.3) is 0 Å². The summed E-state index contributed by atoms with van der Waals surface area (Å²) in [5.74, 6) is 0.00216. The lowest BCUT2D eigenvalue weighted by molar-refractivity contribution is -0.120. The molecule has 1 N–H and O–H groups in total. The van der Waals surface area contributed by atoms with E-state index in [1.165, 1.54) is 5.39 Å². The molecule has 0 unspecified atom stereocenters. The Hall–Kier alpha value is -3.14. The Morgan fingerprint density at radius 1 is 1.00 bits per heavy atom. The lowest BCUT2D eigenvalue weighted by atomic mass is 10.0. The SMILES string of the molecule is O=C(Cc1ccc2ccccc2c1)NCc1cn2ccccc2n1. The van der Waals surface area contributed by atoms with Gasteiger partial charge in [0, 0.05) is 12.4 Å². The molecule has 4 aromatic rings. The van der Waals surface area contributed by atoms with E-state index in [1.54, 1.807) is 0 Å². The van der Waals surface area contributed by atoms with Crippen LogP contribution in [0.25, 0.3) is 16.4 Å². The first kappa shape index (κ1) is 14.5. The zero-order valence-electron chi connectivity index (χ0n) is 13.1. The van der Waals surface area contributed by atoms with Gasteiger partial charge in [-0.3, -0.25) is 4.79 Å². The van der Waals surface area contributed by atoms with Crippen molar-refractivity contribution in [1.82, 2.24) is 14.7 Å². The molecular formula is C20H17N3O. The van der Waals surface area contributed by atoms with Gasteiger partial charge in [-0.15, -0.1) is 0 Å². The fourth-order valence-electron chi connectivity index (χ4n) is 2.86. The van der Waals surface area contributed by atoms with Crippen LogP contribution < -0.4 is 5.32 Å². The number of benzene rings is 2. The normalized spacial score (nSPS) is 11.0. The minimum Gasteiger partial charge on any atom is -0.350 e. The van der Waals surface area contributed by atoms with Crippen LogP contribution in [0, 0.1) is 0 Å². The number of amides is 1. The third kappa shape index (κ3) is 2.99. The maximum atomic E-state index is 12.2. The van der Waals surface area contributed by atoms with Gasteiger partial charge >= 0.3 is 0 Å². The largest absolute Gasteiger partial charge is 0.350 e. The van der Waals surface area contributed by atoms with E-state index < -0.39 is 0 Å². The van der Waals surface area contributed by atoms with Crippen LogP contribution in [0.1, 0.15) is 11.3 Å². The molecule has 0 saturated heterocycles. The quantitative estimate of drug-likeness (QED) is 0.628. The number of carbonyl (C=O) groups excluding carboxylic acids is 1.